The lowest BCUT2D eigenvalue weighted by molar-refractivity contribution is -0.160. The summed E-state index contributed by atoms with van der Waals surface area (Å²) in [6, 6.07) is 4.44. The zero-order chi connectivity index (χ0) is 38.3. The standard InChI is InChI=1S/C33H31Cl2F6N7O5/c1-31-5-2-6-48(31)47(17-20-21(34)13-19(14-22(20)35)53-12-9-46-7-10-52-11-8-46)29(51)25(27(31)49)28(50)44-23-16-43-30(33(39,40)41)45-26(23)18-3-4-24(42-15-18)32(36,37)38/h3-4,13-16,49H,2,5-12,17H2,1H3,(H,44,50)/t31-/m1/s1. The summed E-state index contributed by atoms with van der Waals surface area (Å²) in [7, 11) is 0. The van der Waals surface area contributed by atoms with E-state index in [9.17, 15) is 41.0 Å². The van der Waals surface area contributed by atoms with Crippen LogP contribution in [0.2, 0.25) is 10.0 Å². The highest BCUT2D eigenvalue weighted by atomic mass is 35.5. The fourth-order valence-corrected chi connectivity index (χ4v) is 6.93. The maximum Gasteiger partial charge on any atom is 0.451 e. The SMILES string of the molecule is C[C@]12CCCN1N(Cc1c(Cl)cc(OCCN3CCOCC3)cc1Cl)C(=O)C(C(=O)Nc1cnc(C(F)(F)F)nc1-c1ccc(C(F)(F)F)nc1)=C2O. The molecular formula is C33H31Cl2F6N7O5. The summed E-state index contributed by atoms with van der Waals surface area (Å²) in [5, 5.41) is 16.8. The number of aliphatic hydroxyl groups is 1. The molecule has 2 N–H and O–H groups in total. The number of ether oxygens (including phenoxy) is 2. The van der Waals surface area contributed by atoms with Crippen LogP contribution in [0.1, 0.15) is 36.8 Å². The van der Waals surface area contributed by atoms with Gasteiger partial charge in [-0.05, 0) is 44.0 Å². The summed E-state index contributed by atoms with van der Waals surface area (Å²) in [5.74, 6) is -4.08. The van der Waals surface area contributed by atoms with Crippen LogP contribution in [0, 0.1) is 0 Å². The zero-order valence-corrected chi connectivity index (χ0v) is 29.3. The van der Waals surface area contributed by atoms with Gasteiger partial charge in [0.15, 0.2) is 0 Å². The third-order valence-electron chi connectivity index (χ3n) is 9.14. The predicted molar refractivity (Wildman–Crippen MR) is 178 cm³/mol. The predicted octanol–water partition coefficient (Wildman–Crippen LogP) is 6.16. The second-order valence-electron chi connectivity index (χ2n) is 12.6. The van der Waals surface area contributed by atoms with Crippen LogP contribution in [0.25, 0.3) is 11.3 Å². The summed E-state index contributed by atoms with van der Waals surface area (Å²) in [6.45, 7) is 5.51. The number of halogens is 8. The van der Waals surface area contributed by atoms with Crippen molar-refractivity contribution in [2.45, 2.75) is 44.2 Å². The number of alkyl halides is 6. The molecule has 0 saturated carbocycles. The number of amides is 2. The van der Waals surface area contributed by atoms with Crippen LogP contribution in [0.15, 0.2) is 48.0 Å². The summed E-state index contributed by atoms with van der Waals surface area (Å²) in [5.41, 5.74) is -4.48. The molecule has 0 spiro atoms. The van der Waals surface area contributed by atoms with E-state index in [1.807, 2.05) is 0 Å². The number of morpholine rings is 1. The van der Waals surface area contributed by atoms with Crippen LogP contribution in [0.3, 0.4) is 0 Å². The van der Waals surface area contributed by atoms with Gasteiger partial charge in [0.1, 0.15) is 29.4 Å². The van der Waals surface area contributed by atoms with Crippen molar-refractivity contribution in [1.29, 1.82) is 0 Å². The number of aliphatic hydroxyl groups excluding tert-OH is 1. The molecule has 284 valence electrons. The number of carbonyl (C=O) groups is 2. The van der Waals surface area contributed by atoms with Gasteiger partial charge in [-0.1, -0.05) is 23.2 Å². The number of hydrogen-bond donors (Lipinski definition) is 2. The van der Waals surface area contributed by atoms with E-state index >= 15 is 0 Å². The van der Waals surface area contributed by atoms with E-state index in [1.165, 1.54) is 5.01 Å². The summed E-state index contributed by atoms with van der Waals surface area (Å²) in [4.78, 5) is 40.1. The van der Waals surface area contributed by atoms with Crippen LogP contribution >= 0.6 is 23.2 Å². The molecule has 3 aliphatic heterocycles. The molecule has 2 aromatic heterocycles. The molecule has 2 fully saturated rings. The smallest absolute Gasteiger partial charge is 0.451 e. The van der Waals surface area contributed by atoms with Crippen molar-refractivity contribution in [2.24, 2.45) is 0 Å². The van der Waals surface area contributed by atoms with Gasteiger partial charge in [0.2, 0.25) is 5.82 Å². The molecule has 5 heterocycles. The van der Waals surface area contributed by atoms with E-state index in [-0.39, 0.29) is 22.2 Å². The Kier molecular flexibility index (Phi) is 10.8. The van der Waals surface area contributed by atoms with Gasteiger partial charge < -0.3 is 19.9 Å². The van der Waals surface area contributed by atoms with Crippen molar-refractivity contribution >= 4 is 40.7 Å². The molecule has 0 aliphatic carbocycles. The first-order chi connectivity index (χ1) is 25.0. The minimum absolute atomic E-state index is 0.161. The fraction of sp³-hybridized carbons (Fsp3) is 0.424. The molecule has 6 rings (SSSR count). The number of pyridine rings is 1. The number of rotatable bonds is 9. The monoisotopic (exact) mass is 789 g/mol. The largest absolute Gasteiger partial charge is 0.509 e. The van der Waals surface area contributed by atoms with Gasteiger partial charge in [0, 0.05) is 43.5 Å². The van der Waals surface area contributed by atoms with Gasteiger partial charge >= 0.3 is 12.4 Å². The molecule has 0 radical (unpaired) electrons. The number of nitrogens with one attached hydrogen (secondary N) is 1. The Hall–Kier alpha value is -4.23. The molecule has 3 aromatic rings. The Balaban J connectivity index is 1.27. The summed E-state index contributed by atoms with van der Waals surface area (Å²) < 4.78 is 91.4. The highest BCUT2D eigenvalue weighted by molar-refractivity contribution is 6.36. The van der Waals surface area contributed by atoms with Gasteiger partial charge in [-0.3, -0.25) is 24.5 Å². The Labute approximate surface area is 308 Å². The number of fused-ring (bicyclic) bond motifs is 1. The summed E-state index contributed by atoms with van der Waals surface area (Å²) in [6.07, 6.45) is -7.86. The lowest BCUT2D eigenvalue weighted by atomic mass is 9.90. The van der Waals surface area contributed by atoms with Crippen molar-refractivity contribution in [2.75, 3.05) is 51.3 Å². The molecular weight excluding hydrogens is 759 g/mol. The van der Waals surface area contributed by atoms with Gasteiger partial charge in [0.05, 0.1) is 52.9 Å². The molecule has 3 aliphatic rings. The lowest BCUT2D eigenvalue weighted by Gasteiger charge is -2.46. The zero-order valence-electron chi connectivity index (χ0n) is 27.8. The molecule has 2 saturated heterocycles. The summed E-state index contributed by atoms with van der Waals surface area (Å²) >= 11 is 13.3. The third kappa shape index (κ3) is 8.01. The quantitative estimate of drug-likeness (QED) is 0.192. The van der Waals surface area contributed by atoms with Gasteiger partial charge in [-0.15, -0.1) is 0 Å². The molecule has 53 heavy (non-hydrogen) atoms. The average Bonchev–Trinajstić information content (AvgIpc) is 3.50. The van der Waals surface area contributed by atoms with Crippen LogP contribution < -0.4 is 10.1 Å². The van der Waals surface area contributed by atoms with Crippen LogP contribution in [-0.4, -0.2) is 98.3 Å². The van der Waals surface area contributed by atoms with Crippen LogP contribution in [-0.2, 0) is 33.2 Å². The van der Waals surface area contributed by atoms with Crippen molar-refractivity contribution in [1.82, 2.24) is 29.9 Å². The second-order valence-corrected chi connectivity index (χ2v) is 13.4. The topological polar surface area (TPSA) is 133 Å². The number of carbonyl (C=O) groups excluding carboxylic acids is 2. The van der Waals surface area contributed by atoms with Crippen LogP contribution in [0.5, 0.6) is 5.75 Å². The Morgan fingerprint density at radius 2 is 1.74 bits per heavy atom. The van der Waals surface area contributed by atoms with Crippen LogP contribution in [0.4, 0.5) is 32.0 Å². The number of anilines is 1. The van der Waals surface area contributed by atoms with Crippen molar-refractivity contribution < 1.29 is 50.5 Å². The van der Waals surface area contributed by atoms with E-state index < -0.39 is 63.9 Å². The fourth-order valence-electron chi connectivity index (χ4n) is 6.35. The lowest BCUT2D eigenvalue weighted by Crippen LogP contribution is -2.60. The third-order valence-corrected chi connectivity index (χ3v) is 9.81. The minimum Gasteiger partial charge on any atom is -0.509 e. The Morgan fingerprint density at radius 3 is 2.36 bits per heavy atom. The second kappa shape index (κ2) is 14.9. The van der Waals surface area contributed by atoms with Gasteiger partial charge in [-0.25, -0.2) is 15.0 Å². The molecule has 0 bridgehead atoms. The van der Waals surface area contributed by atoms with E-state index in [4.69, 9.17) is 32.7 Å². The van der Waals surface area contributed by atoms with E-state index in [0.717, 1.165) is 19.2 Å². The number of aromatic nitrogens is 3. The number of benzene rings is 1. The van der Waals surface area contributed by atoms with Crippen molar-refractivity contribution in [3.8, 4) is 17.0 Å². The minimum atomic E-state index is -5.06. The first kappa shape index (κ1) is 38.5. The highest BCUT2D eigenvalue weighted by Crippen LogP contribution is 2.43. The first-order valence-electron chi connectivity index (χ1n) is 16.2. The molecule has 1 atom stereocenters. The molecule has 1 aromatic carbocycles. The van der Waals surface area contributed by atoms with Gasteiger partial charge in [0.25, 0.3) is 11.8 Å². The van der Waals surface area contributed by atoms with E-state index in [0.29, 0.717) is 75.5 Å². The normalized spacial score (nSPS) is 20.2. The molecule has 12 nitrogen and oxygen atoms in total. The van der Waals surface area contributed by atoms with Crippen molar-refractivity contribution in [3.63, 3.8) is 0 Å². The van der Waals surface area contributed by atoms with E-state index in [2.05, 4.69) is 25.2 Å². The molecule has 20 heteroatoms. The molecule has 2 amide bonds. The Morgan fingerprint density at radius 1 is 1.04 bits per heavy atom. The van der Waals surface area contributed by atoms with Crippen molar-refractivity contribution in [3.05, 3.63) is 75.1 Å². The number of nitrogens with zero attached hydrogens (tertiary/aromatic N) is 6. The Bertz CT molecular complexity index is 1900. The van der Waals surface area contributed by atoms with Gasteiger partial charge in [-0.2, -0.15) is 26.3 Å². The maximum atomic E-state index is 14.1. The van der Waals surface area contributed by atoms with E-state index in [1.54, 1.807) is 24.1 Å². The maximum absolute atomic E-state index is 14.1. The highest BCUT2D eigenvalue weighted by Gasteiger charge is 2.53. The average molecular weight is 791 g/mol. The first-order valence-corrected chi connectivity index (χ1v) is 17.0. The number of hydrazine groups is 1. The number of hydrogen-bond acceptors (Lipinski definition) is 10. The molecule has 0 unspecified atom stereocenters.